The smallest absolute Gasteiger partial charge is 0.225 e. The van der Waals surface area contributed by atoms with Gasteiger partial charge in [0.15, 0.2) is 0 Å². The number of H-pyrrole nitrogens is 1. The van der Waals surface area contributed by atoms with E-state index in [2.05, 4.69) is 50.1 Å². The van der Waals surface area contributed by atoms with Crippen LogP contribution in [-0.2, 0) is 6.54 Å². The number of nitrogens with zero attached hydrogens (tertiary/aromatic N) is 5. The van der Waals surface area contributed by atoms with E-state index in [1.807, 2.05) is 18.5 Å². The van der Waals surface area contributed by atoms with Gasteiger partial charge in [0.05, 0.1) is 19.0 Å². The van der Waals surface area contributed by atoms with Gasteiger partial charge in [0.2, 0.25) is 5.95 Å². The van der Waals surface area contributed by atoms with Gasteiger partial charge in [-0.15, -0.1) is 0 Å². The fourth-order valence-corrected chi connectivity index (χ4v) is 5.04. The van der Waals surface area contributed by atoms with Crippen molar-refractivity contribution >= 4 is 5.95 Å². The average molecular weight is 433 g/mol. The van der Waals surface area contributed by atoms with E-state index in [1.54, 1.807) is 7.11 Å². The highest BCUT2D eigenvalue weighted by molar-refractivity contribution is 5.63. The Morgan fingerprint density at radius 3 is 2.84 bits per heavy atom. The van der Waals surface area contributed by atoms with Gasteiger partial charge in [-0.1, -0.05) is 12.1 Å². The van der Waals surface area contributed by atoms with E-state index in [1.165, 1.54) is 36.1 Å². The molecule has 0 aliphatic carbocycles. The van der Waals surface area contributed by atoms with Crippen LogP contribution < -0.4 is 9.64 Å². The first-order chi connectivity index (χ1) is 15.7. The molecule has 32 heavy (non-hydrogen) atoms. The van der Waals surface area contributed by atoms with Gasteiger partial charge in [-0.25, -0.2) is 9.97 Å². The summed E-state index contributed by atoms with van der Waals surface area (Å²) in [4.78, 5) is 14.2. The van der Waals surface area contributed by atoms with Crippen LogP contribution in [0.2, 0.25) is 0 Å². The molecule has 168 valence electrons. The first-order valence-electron chi connectivity index (χ1n) is 11.7. The van der Waals surface area contributed by atoms with Crippen LogP contribution in [0.4, 0.5) is 5.95 Å². The predicted octanol–water partition coefficient (Wildman–Crippen LogP) is 4.16. The van der Waals surface area contributed by atoms with Crippen LogP contribution in [0, 0.1) is 6.92 Å². The van der Waals surface area contributed by atoms with Crippen molar-refractivity contribution in [2.45, 2.75) is 45.1 Å². The summed E-state index contributed by atoms with van der Waals surface area (Å²) < 4.78 is 5.64. The number of aryl methyl sites for hydroxylation is 1. The van der Waals surface area contributed by atoms with Gasteiger partial charge in [-0.3, -0.25) is 10.00 Å². The molecule has 5 rings (SSSR count). The molecule has 7 nitrogen and oxygen atoms in total. The van der Waals surface area contributed by atoms with Crippen molar-refractivity contribution in [2.24, 2.45) is 0 Å². The van der Waals surface area contributed by atoms with E-state index in [0.717, 1.165) is 62.1 Å². The Balaban J connectivity index is 1.34. The molecule has 3 aromatic rings. The third-order valence-electron chi connectivity index (χ3n) is 6.73. The summed E-state index contributed by atoms with van der Waals surface area (Å²) in [7, 11) is 1.76. The lowest BCUT2D eigenvalue weighted by molar-refractivity contribution is 0.196. The van der Waals surface area contributed by atoms with Crippen LogP contribution in [0.3, 0.4) is 0 Å². The van der Waals surface area contributed by atoms with E-state index >= 15 is 0 Å². The number of anilines is 1. The van der Waals surface area contributed by atoms with Gasteiger partial charge < -0.3 is 9.64 Å². The molecule has 0 amide bonds. The zero-order chi connectivity index (χ0) is 21.9. The van der Waals surface area contributed by atoms with Crippen LogP contribution in [0.25, 0.3) is 11.3 Å². The number of nitrogens with one attached hydrogen (secondary N) is 1. The van der Waals surface area contributed by atoms with Gasteiger partial charge in [-0.05, 0) is 56.8 Å². The molecule has 4 heterocycles. The summed E-state index contributed by atoms with van der Waals surface area (Å²) in [5, 5.41) is 7.71. The number of rotatable bonds is 6. The molecule has 0 radical (unpaired) electrons. The number of hydrogen-bond donors (Lipinski definition) is 1. The van der Waals surface area contributed by atoms with Crippen LogP contribution in [0.1, 0.15) is 48.4 Å². The molecular weight excluding hydrogens is 400 g/mol. The van der Waals surface area contributed by atoms with E-state index in [0.29, 0.717) is 5.92 Å². The van der Waals surface area contributed by atoms with E-state index in [9.17, 15) is 0 Å². The minimum atomic E-state index is 0.405. The molecule has 0 unspecified atom stereocenters. The minimum Gasteiger partial charge on any atom is -0.496 e. The molecule has 2 aliphatic heterocycles. The molecular formula is C25H32N6O. The maximum Gasteiger partial charge on any atom is 0.225 e. The van der Waals surface area contributed by atoms with E-state index in [4.69, 9.17) is 9.72 Å². The molecule has 1 aromatic carbocycles. The average Bonchev–Trinajstić information content (AvgIpc) is 3.53. The second-order valence-corrected chi connectivity index (χ2v) is 9.02. The van der Waals surface area contributed by atoms with Crippen LogP contribution in [0.15, 0.2) is 36.7 Å². The number of hydrogen-bond acceptors (Lipinski definition) is 6. The van der Waals surface area contributed by atoms with Crippen molar-refractivity contribution in [1.82, 2.24) is 25.1 Å². The summed E-state index contributed by atoms with van der Waals surface area (Å²) in [5.41, 5.74) is 5.73. The Hall–Kier alpha value is -2.93. The van der Waals surface area contributed by atoms with Gasteiger partial charge in [0, 0.05) is 55.1 Å². The summed E-state index contributed by atoms with van der Waals surface area (Å²) in [5.74, 6) is 2.22. The lowest BCUT2D eigenvalue weighted by Crippen LogP contribution is -2.34. The Morgan fingerprint density at radius 1 is 1.12 bits per heavy atom. The van der Waals surface area contributed by atoms with Crippen molar-refractivity contribution in [3.8, 4) is 17.0 Å². The normalized spacial score (nSPS) is 19.4. The zero-order valence-electron chi connectivity index (χ0n) is 19.0. The molecule has 2 saturated heterocycles. The SMILES string of the molecule is COc1cc(C)ccc1CN1CCC[C@H](c2[nH]ncc2-c2ccnc(N3CCCC3)n2)C1. The Kier molecular flexibility index (Phi) is 6.08. The maximum absolute atomic E-state index is 5.64. The summed E-state index contributed by atoms with van der Waals surface area (Å²) >= 11 is 0. The van der Waals surface area contributed by atoms with Crippen LogP contribution >= 0.6 is 0 Å². The molecule has 1 N–H and O–H groups in total. The van der Waals surface area contributed by atoms with Crippen LogP contribution in [-0.4, -0.2) is 58.4 Å². The monoisotopic (exact) mass is 432 g/mol. The molecule has 0 saturated carbocycles. The number of likely N-dealkylation sites (tertiary alicyclic amines) is 1. The Bertz CT molecular complexity index is 1060. The first-order valence-corrected chi connectivity index (χ1v) is 11.7. The lowest BCUT2D eigenvalue weighted by Gasteiger charge is -2.33. The van der Waals surface area contributed by atoms with Gasteiger partial charge in [0.25, 0.3) is 0 Å². The number of benzene rings is 1. The fourth-order valence-electron chi connectivity index (χ4n) is 5.04. The van der Waals surface area contributed by atoms with Crippen molar-refractivity contribution in [3.63, 3.8) is 0 Å². The maximum atomic E-state index is 5.64. The van der Waals surface area contributed by atoms with Crippen molar-refractivity contribution in [1.29, 1.82) is 0 Å². The molecule has 0 bridgehead atoms. The first kappa shape index (κ1) is 20.9. The highest BCUT2D eigenvalue weighted by Gasteiger charge is 2.26. The summed E-state index contributed by atoms with van der Waals surface area (Å²) in [6, 6.07) is 8.49. The molecule has 2 aromatic heterocycles. The standard InChI is InChI=1S/C25H32N6O/c1-18-7-8-19(23(14-18)32-2)16-30-11-5-6-20(17-30)24-21(15-27-29-24)22-9-10-26-25(28-22)31-12-3-4-13-31/h7-10,14-15,20H,3-6,11-13,16-17H2,1-2H3,(H,27,29)/t20-/m0/s1. The Morgan fingerprint density at radius 2 is 2.00 bits per heavy atom. The summed E-state index contributed by atoms with van der Waals surface area (Å²) in [6.45, 7) is 7.19. The third-order valence-corrected chi connectivity index (χ3v) is 6.73. The molecule has 2 aliphatic rings. The highest BCUT2D eigenvalue weighted by Crippen LogP contribution is 2.34. The van der Waals surface area contributed by atoms with Crippen molar-refractivity contribution < 1.29 is 4.74 Å². The largest absolute Gasteiger partial charge is 0.496 e. The topological polar surface area (TPSA) is 70.2 Å². The van der Waals surface area contributed by atoms with E-state index < -0.39 is 0 Å². The third kappa shape index (κ3) is 4.35. The zero-order valence-corrected chi connectivity index (χ0v) is 19.0. The molecule has 1 atom stereocenters. The second kappa shape index (κ2) is 9.28. The van der Waals surface area contributed by atoms with Crippen molar-refractivity contribution in [2.75, 3.05) is 38.2 Å². The number of methoxy groups -OCH3 is 1. The van der Waals surface area contributed by atoms with Gasteiger partial charge in [-0.2, -0.15) is 5.10 Å². The lowest BCUT2D eigenvalue weighted by atomic mass is 9.91. The van der Waals surface area contributed by atoms with Gasteiger partial charge in [0.1, 0.15) is 5.75 Å². The minimum absolute atomic E-state index is 0.405. The number of piperidine rings is 1. The van der Waals surface area contributed by atoms with E-state index in [-0.39, 0.29) is 0 Å². The number of ether oxygens (including phenoxy) is 1. The molecule has 2 fully saturated rings. The molecule has 0 spiro atoms. The van der Waals surface area contributed by atoms with Crippen LogP contribution in [0.5, 0.6) is 5.75 Å². The Labute approximate surface area is 189 Å². The highest BCUT2D eigenvalue weighted by atomic mass is 16.5. The predicted molar refractivity (Wildman–Crippen MR) is 126 cm³/mol. The van der Waals surface area contributed by atoms with Gasteiger partial charge >= 0.3 is 0 Å². The van der Waals surface area contributed by atoms with Crippen molar-refractivity contribution in [3.05, 3.63) is 53.5 Å². The number of aromatic nitrogens is 4. The quantitative estimate of drug-likeness (QED) is 0.631. The second-order valence-electron chi connectivity index (χ2n) is 9.02. The number of aromatic amines is 1. The summed E-state index contributed by atoms with van der Waals surface area (Å²) in [6.07, 6.45) is 8.56. The molecule has 7 heteroatoms. The fraction of sp³-hybridized carbons (Fsp3) is 0.480.